The Kier molecular flexibility index (Phi) is 5.59. The molecule has 0 N–H and O–H groups in total. The van der Waals surface area contributed by atoms with E-state index >= 15 is 0 Å². The van der Waals surface area contributed by atoms with Gasteiger partial charge in [0.15, 0.2) is 11.5 Å². The third-order valence-corrected chi connectivity index (χ3v) is 5.02. The number of aliphatic carboxylic acids is 1. The molecule has 9 nitrogen and oxygen atoms in total. The normalized spacial score (nSPS) is 17.3. The van der Waals surface area contributed by atoms with E-state index in [0.717, 1.165) is 28.0 Å². The first-order valence-electron chi connectivity index (χ1n) is 9.54. The molecule has 1 atom stereocenters. The van der Waals surface area contributed by atoms with Gasteiger partial charge in [-0.15, -0.1) is 0 Å². The molecular weight excluding hydrogens is 423 g/mol. The second kappa shape index (κ2) is 8.50. The Morgan fingerprint density at radius 3 is 2.53 bits per heavy atom. The van der Waals surface area contributed by atoms with E-state index in [1.165, 1.54) is 12.1 Å². The number of halogens is 1. The summed E-state index contributed by atoms with van der Waals surface area (Å²) >= 11 is 0. The smallest absolute Gasteiger partial charge is 0.257 e. The summed E-state index contributed by atoms with van der Waals surface area (Å²) in [7, 11) is 0. The fraction of sp³-hybridized carbons (Fsp3) is 0.182. The quantitative estimate of drug-likeness (QED) is 0.476. The summed E-state index contributed by atoms with van der Waals surface area (Å²) in [5.41, 5.74) is 0.745. The molecule has 2 heterocycles. The maximum Gasteiger partial charge on any atom is 0.257 e. The van der Waals surface area contributed by atoms with Gasteiger partial charge in [0.2, 0.25) is 18.6 Å². The lowest BCUT2D eigenvalue weighted by atomic mass is 10.1. The second-order valence-electron chi connectivity index (χ2n) is 7.07. The van der Waals surface area contributed by atoms with Crippen molar-refractivity contribution >= 4 is 29.4 Å². The zero-order chi connectivity index (χ0) is 22.8. The van der Waals surface area contributed by atoms with Crippen LogP contribution in [0.4, 0.5) is 10.1 Å². The zero-order valence-corrected chi connectivity index (χ0v) is 16.5. The van der Waals surface area contributed by atoms with Gasteiger partial charge in [-0.1, -0.05) is 6.07 Å². The molecule has 32 heavy (non-hydrogen) atoms. The van der Waals surface area contributed by atoms with E-state index in [0.29, 0.717) is 23.1 Å². The molecule has 10 heteroatoms. The Morgan fingerprint density at radius 2 is 1.81 bits per heavy atom. The Hall–Kier alpha value is -4.21. The van der Waals surface area contributed by atoms with Crippen LogP contribution in [0.15, 0.2) is 54.6 Å². The number of amides is 3. The molecule has 164 valence electrons. The van der Waals surface area contributed by atoms with Crippen molar-refractivity contribution in [2.75, 3.05) is 11.7 Å². The monoisotopic (exact) mass is 439 g/mol. The van der Waals surface area contributed by atoms with Crippen LogP contribution in [-0.4, -0.2) is 41.4 Å². The Bertz CT molecular complexity index is 1130. The van der Waals surface area contributed by atoms with Crippen LogP contribution in [0.2, 0.25) is 0 Å². The molecule has 0 aromatic heterocycles. The lowest BCUT2D eigenvalue weighted by Gasteiger charge is -2.27. The number of nitrogens with zero attached hydrogens (tertiary/aromatic N) is 2. The summed E-state index contributed by atoms with van der Waals surface area (Å²) < 4.78 is 23.8. The number of ether oxygens (including phenoxy) is 2. The van der Waals surface area contributed by atoms with E-state index in [4.69, 9.17) is 9.47 Å². The van der Waals surface area contributed by atoms with Crippen LogP contribution in [0.1, 0.15) is 12.0 Å². The van der Waals surface area contributed by atoms with Gasteiger partial charge in [0.25, 0.3) is 5.91 Å². The first-order valence-corrected chi connectivity index (χ1v) is 9.54. The molecule has 1 saturated heterocycles. The fourth-order valence-electron chi connectivity index (χ4n) is 3.53. The second-order valence-corrected chi connectivity index (χ2v) is 7.07. The molecule has 2 aromatic rings. The van der Waals surface area contributed by atoms with Crippen molar-refractivity contribution in [2.45, 2.75) is 19.0 Å². The fourth-order valence-corrected chi connectivity index (χ4v) is 3.53. The molecule has 1 fully saturated rings. The third-order valence-electron chi connectivity index (χ3n) is 5.02. The molecule has 3 amide bonds. The highest BCUT2D eigenvalue weighted by molar-refractivity contribution is 6.23. The maximum absolute atomic E-state index is 13.2. The topological polar surface area (TPSA) is 116 Å². The lowest BCUT2D eigenvalue weighted by molar-refractivity contribution is -0.297. The average Bonchev–Trinajstić information content (AvgIpc) is 3.34. The van der Waals surface area contributed by atoms with Crippen LogP contribution in [0.25, 0.3) is 0 Å². The number of carboxylic acids is 1. The number of hydrogen-bond acceptors (Lipinski definition) is 7. The van der Waals surface area contributed by atoms with Crippen molar-refractivity contribution in [2.24, 2.45) is 0 Å². The van der Waals surface area contributed by atoms with E-state index in [-0.39, 0.29) is 25.4 Å². The highest BCUT2D eigenvalue weighted by Gasteiger charge is 2.44. The van der Waals surface area contributed by atoms with Crippen LogP contribution in [-0.2, 0) is 25.7 Å². The summed E-state index contributed by atoms with van der Waals surface area (Å²) in [6, 6.07) is 8.55. The summed E-state index contributed by atoms with van der Waals surface area (Å²) in [6.07, 6.45) is 1.00. The molecule has 2 aliphatic heterocycles. The first kappa shape index (κ1) is 21.0. The van der Waals surface area contributed by atoms with Crippen molar-refractivity contribution in [3.63, 3.8) is 0 Å². The minimum Gasteiger partial charge on any atom is -0.545 e. The van der Waals surface area contributed by atoms with Crippen LogP contribution in [0.3, 0.4) is 0 Å². The van der Waals surface area contributed by atoms with Gasteiger partial charge < -0.3 is 24.3 Å². The maximum atomic E-state index is 13.2. The predicted molar refractivity (Wildman–Crippen MR) is 105 cm³/mol. The minimum absolute atomic E-state index is 0.0536. The molecule has 0 spiro atoms. The van der Waals surface area contributed by atoms with Crippen molar-refractivity contribution in [3.05, 3.63) is 66.0 Å². The third kappa shape index (κ3) is 4.15. The van der Waals surface area contributed by atoms with Gasteiger partial charge in [0.05, 0.1) is 18.1 Å². The standard InChI is InChI=1S/C22H17FN2O7/c23-14-2-4-15(5-3-14)25-20(27)10-16(22(25)30)24(19(26)7-8-21(28)29)11-13-1-6-17-18(9-13)32-12-31-17/h1-9,16H,10-12H2,(H,28,29)/p-1. The molecule has 0 bridgehead atoms. The molecule has 0 aliphatic carbocycles. The highest BCUT2D eigenvalue weighted by atomic mass is 19.1. The summed E-state index contributed by atoms with van der Waals surface area (Å²) in [4.78, 5) is 51.2. The SMILES string of the molecule is O=C([O-])C=CC(=O)N(Cc1ccc2c(c1)OCO2)C1CC(=O)N(c2ccc(F)cc2)C1=O. The number of benzene rings is 2. The molecule has 1 unspecified atom stereocenters. The molecular formula is C22H16FN2O7-. The molecule has 2 aromatic carbocycles. The van der Waals surface area contributed by atoms with Crippen LogP contribution < -0.4 is 19.5 Å². The largest absolute Gasteiger partial charge is 0.545 e. The predicted octanol–water partition coefficient (Wildman–Crippen LogP) is 0.521. The van der Waals surface area contributed by atoms with E-state index in [9.17, 15) is 28.7 Å². The van der Waals surface area contributed by atoms with Gasteiger partial charge in [0.1, 0.15) is 11.9 Å². The van der Waals surface area contributed by atoms with Gasteiger partial charge in [0, 0.05) is 12.6 Å². The number of anilines is 1. The van der Waals surface area contributed by atoms with Crippen LogP contribution in [0, 0.1) is 5.82 Å². The minimum atomic E-state index is -1.58. The van der Waals surface area contributed by atoms with E-state index < -0.39 is 35.5 Å². The van der Waals surface area contributed by atoms with E-state index in [1.807, 2.05) is 0 Å². The Labute approximate surface area is 181 Å². The van der Waals surface area contributed by atoms with Gasteiger partial charge in [-0.25, -0.2) is 9.29 Å². The Morgan fingerprint density at radius 1 is 1.09 bits per heavy atom. The summed E-state index contributed by atoms with van der Waals surface area (Å²) in [5, 5.41) is 10.8. The number of fused-ring (bicyclic) bond motifs is 1. The van der Waals surface area contributed by atoms with Gasteiger partial charge >= 0.3 is 0 Å². The van der Waals surface area contributed by atoms with E-state index in [2.05, 4.69) is 0 Å². The van der Waals surface area contributed by atoms with Gasteiger partial charge in [-0.2, -0.15) is 0 Å². The van der Waals surface area contributed by atoms with E-state index in [1.54, 1.807) is 18.2 Å². The Balaban J connectivity index is 1.64. The number of rotatable bonds is 6. The van der Waals surface area contributed by atoms with Crippen LogP contribution >= 0.6 is 0 Å². The first-order chi connectivity index (χ1) is 15.3. The molecule has 0 radical (unpaired) electrons. The van der Waals surface area contributed by atoms with Crippen molar-refractivity contribution < 1.29 is 38.1 Å². The molecule has 2 aliphatic rings. The molecule has 4 rings (SSSR count). The number of carbonyl (C=O) groups is 4. The zero-order valence-electron chi connectivity index (χ0n) is 16.5. The number of carboxylic acid groups (broad SMARTS) is 1. The van der Waals surface area contributed by atoms with Crippen LogP contribution in [0.5, 0.6) is 11.5 Å². The van der Waals surface area contributed by atoms with Gasteiger partial charge in [-0.05, 0) is 48.0 Å². The number of hydrogen-bond donors (Lipinski definition) is 0. The highest BCUT2D eigenvalue weighted by Crippen LogP contribution is 2.34. The summed E-state index contributed by atoms with van der Waals surface area (Å²) in [5.74, 6) is -3.17. The molecule has 0 saturated carbocycles. The van der Waals surface area contributed by atoms with Crippen molar-refractivity contribution in [1.82, 2.24) is 4.90 Å². The van der Waals surface area contributed by atoms with Crippen molar-refractivity contribution in [1.29, 1.82) is 0 Å². The van der Waals surface area contributed by atoms with Gasteiger partial charge in [-0.3, -0.25) is 14.4 Å². The lowest BCUT2D eigenvalue weighted by Crippen LogP contribution is -2.44. The number of imide groups is 1. The van der Waals surface area contributed by atoms with Crippen molar-refractivity contribution in [3.8, 4) is 11.5 Å². The average molecular weight is 439 g/mol. The summed E-state index contributed by atoms with van der Waals surface area (Å²) in [6.45, 7) is -0.0498. The number of carbonyl (C=O) groups excluding carboxylic acids is 4.